The van der Waals surface area contributed by atoms with Crippen LogP contribution in [0.3, 0.4) is 0 Å². The zero-order chi connectivity index (χ0) is 11.5. The SMILES string of the molecule is Cc1oc(C(=O)O)cc1CNc1ccsc1. The fourth-order valence-corrected chi connectivity index (χ4v) is 1.98. The van der Waals surface area contributed by atoms with Crippen LogP contribution < -0.4 is 5.32 Å². The summed E-state index contributed by atoms with van der Waals surface area (Å²) in [5, 5.41) is 15.9. The smallest absolute Gasteiger partial charge is 0.371 e. The van der Waals surface area contributed by atoms with Gasteiger partial charge < -0.3 is 14.8 Å². The fourth-order valence-electron chi connectivity index (χ4n) is 1.36. The summed E-state index contributed by atoms with van der Waals surface area (Å²) in [7, 11) is 0. The first-order valence-corrected chi connectivity index (χ1v) is 5.70. The number of carboxylic acid groups (broad SMARTS) is 1. The maximum Gasteiger partial charge on any atom is 0.371 e. The number of rotatable bonds is 4. The molecule has 0 atom stereocenters. The third-order valence-corrected chi connectivity index (χ3v) is 2.92. The van der Waals surface area contributed by atoms with Crippen molar-refractivity contribution in [2.45, 2.75) is 13.5 Å². The van der Waals surface area contributed by atoms with Gasteiger partial charge in [-0.25, -0.2) is 4.79 Å². The lowest BCUT2D eigenvalue weighted by Crippen LogP contribution is -1.98. The summed E-state index contributed by atoms with van der Waals surface area (Å²) in [4.78, 5) is 10.7. The van der Waals surface area contributed by atoms with Crippen LogP contribution in [0.5, 0.6) is 0 Å². The molecule has 2 heterocycles. The topological polar surface area (TPSA) is 62.5 Å². The number of carboxylic acids is 1. The molecule has 2 N–H and O–H groups in total. The number of furan rings is 1. The molecule has 0 aliphatic carbocycles. The molecule has 16 heavy (non-hydrogen) atoms. The molecule has 84 valence electrons. The van der Waals surface area contributed by atoms with Gasteiger partial charge in [0.1, 0.15) is 5.76 Å². The molecular formula is C11H11NO3S. The zero-order valence-corrected chi connectivity index (χ0v) is 9.50. The average molecular weight is 237 g/mol. The van der Waals surface area contributed by atoms with E-state index < -0.39 is 5.97 Å². The van der Waals surface area contributed by atoms with E-state index in [2.05, 4.69) is 5.32 Å². The first-order valence-electron chi connectivity index (χ1n) is 4.75. The van der Waals surface area contributed by atoms with Crippen LogP contribution in [0.25, 0.3) is 0 Å². The molecule has 0 aliphatic rings. The predicted octanol–water partition coefficient (Wildman–Crippen LogP) is 2.96. The van der Waals surface area contributed by atoms with Crippen LogP contribution in [-0.2, 0) is 6.54 Å². The van der Waals surface area contributed by atoms with Crippen LogP contribution in [0.4, 0.5) is 5.69 Å². The molecule has 0 aliphatic heterocycles. The first kappa shape index (κ1) is 10.8. The van der Waals surface area contributed by atoms with Crippen LogP contribution in [0.2, 0.25) is 0 Å². The standard InChI is InChI=1S/C11H11NO3S/c1-7-8(4-10(15-7)11(13)14)5-12-9-2-3-16-6-9/h2-4,6,12H,5H2,1H3,(H,13,14). The average Bonchev–Trinajstić information content (AvgIpc) is 2.84. The monoisotopic (exact) mass is 237 g/mol. The van der Waals surface area contributed by atoms with Crippen molar-refractivity contribution in [3.8, 4) is 0 Å². The third-order valence-electron chi connectivity index (χ3n) is 2.24. The normalized spacial score (nSPS) is 10.3. The minimum Gasteiger partial charge on any atom is -0.475 e. The Morgan fingerprint density at radius 2 is 2.44 bits per heavy atom. The molecule has 0 aromatic carbocycles. The quantitative estimate of drug-likeness (QED) is 0.858. The number of thiophene rings is 1. The van der Waals surface area contributed by atoms with Gasteiger partial charge in [0.2, 0.25) is 5.76 Å². The second-order valence-electron chi connectivity index (χ2n) is 3.36. The summed E-state index contributed by atoms with van der Waals surface area (Å²) < 4.78 is 5.11. The van der Waals surface area contributed by atoms with Crippen molar-refractivity contribution in [2.24, 2.45) is 0 Å². The van der Waals surface area contributed by atoms with Gasteiger partial charge in [0.15, 0.2) is 0 Å². The van der Waals surface area contributed by atoms with Gasteiger partial charge in [-0.1, -0.05) is 0 Å². The Balaban J connectivity index is 2.07. The summed E-state index contributed by atoms with van der Waals surface area (Å²) in [5.41, 5.74) is 1.89. The van der Waals surface area contributed by atoms with E-state index >= 15 is 0 Å². The lowest BCUT2D eigenvalue weighted by atomic mass is 10.2. The first-order chi connectivity index (χ1) is 7.66. The van der Waals surface area contributed by atoms with Crippen LogP contribution in [0.15, 0.2) is 27.3 Å². The van der Waals surface area contributed by atoms with E-state index in [1.807, 2.05) is 16.8 Å². The van der Waals surface area contributed by atoms with Gasteiger partial charge in [-0.3, -0.25) is 0 Å². The Morgan fingerprint density at radius 3 is 3.00 bits per heavy atom. The van der Waals surface area contributed by atoms with Gasteiger partial charge in [0.25, 0.3) is 0 Å². The van der Waals surface area contributed by atoms with Crippen molar-refractivity contribution >= 4 is 23.0 Å². The lowest BCUT2D eigenvalue weighted by Gasteiger charge is -2.01. The highest BCUT2D eigenvalue weighted by Gasteiger charge is 2.12. The van der Waals surface area contributed by atoms with E-state index in [9.17, 15) is 4.79 Å². The predicted molar refractivity (Wildman–Crippen MR) is 62.1 cm³/mol. The summed E-state index contributed by atoms with van der Waals surface area (Å²) in [5.74, 6) is -0.412. The Morgan fingerprint density at radius 1 is 1.62 bits per heavy atom. The van der Waals surface area contributed by atoms with Crippen molar-refractivity contribution in [3.63, 3.8) is 0 Å². The minimum atomic E-state index is -1.04. The number of nitrogens with one attached hydrogen (secondary N) is 1. The molecule has 0 saturated carbocycles. The number of aromatic carboxylic acids is 1. The number of aryl methyl sites for hydroxylation is 1. The molecule has 0 spiro atoms. The number of hydrogen-bond donors (Lipinski definition) is 2. The highest BCUT2D eigenvalue weighted by atomic mass is 32.1. The van der Waals surface area contributed by atoms with E-state index in [0.29, 0.717) is 12.3 Å². The summed E-state index contributed by atoms with van der Waals surface area (Å²) in [6.45, 7) is 2.33. The van der Waals surface area contributed by atoms with Crippen LogP contribution in [0, 0.1) is 6.92 Å². The van der Waals surface area contributed by atoms with Gasteiger partial charge in [-0.2, -0.15) is 11.3 Å². The maximum atomic E-state index is 10.7. The molecular weight excluding hydrogens is 226 g/mol. The van der Waals surface area contributed by atoms with Crippen LogP contribution in [-0.4, -0.2) is 11.1 Å². The molecule has 0 bridgehead atoms. The van der Waals surface area contributed by atoms with Gasteiger partial charge in [0.05, 0.1) is 0 Å². The minimum absolute atomic E-state index is 0.0142. The lowest BCUT2D eigenvalue weighted by molar-refractivity contribution is 0.0661. The van der Waals surface area contributed by atoms with Crippen molar-refractivity contribution in [2.75, 3.05) is 5.32 Å². The molecule has 0 fully saturated rings. The highest BCUT2D eigenvalue weighted by molar-refractivity contribution is 7.08. The number of carbonyl (C=O) groups is 1. The molecule has 2 aromatic rings. The largest absolute Gasteiger partial charge is 0.475 e. The van der Waals surface area contributed by atoms with E-state index in [1.54, 1.807) is 24.3 Å². The fraction of sp³-hybridized carbons (Fsp3) is 0.182. The van der Waals surface area contributed by atoms with Gasteiger partial charge in [0, 0.05) is 23.2 Å². The maximum absolute atomic E-state index is 10.7. The Bertz CT molecular complexity index is 487. The van der Waals surface area contributed by atoms with Gasteiger partial charge >= 0.3 is 5.97 Å². The number of anilines is 1. The Kier molecular flexibility index (Phi) is 2.96. The molecule has 0 saturated heterocycles. The molecule has 0 amide bonds. The molecule has 0 radical (unpaired) electrons. The second-order valence-corrected chi connectivity index (χ2v) is 4.14. The summed E-state index contributed by atoms with van der Waals surface area (Å²) in [6.07, 6.45) is 0. The Hall–Kier alpha value is -1.75. The second kappa shape index (κ2) is 4.40. The van der Waals surface area contributed by atoms with Crippen LogP contribution >= 0.6 is 11.3 Å². The van der Waals surface area contributed by atoms with Crippen molar-refractivity contribution in [1.29, 1.82) is 0 Å². The summed E-state index contributed by atoms with van der Waals surface area (Å²) in [6, 6.07) is 3.52. The van der Waals surface area contributed by atoms with Gasteiger partial charge in [-0.15, -0.1) is 0 Å². The molecule has 4 nitrogen and oxygen atoms in total. The van der Waals surface area contributed by atoms with E-state index in [-0.39, 0.29) is 5.76 Å². The Labute approximate surface area is 96.5 Å². The van der Waals surface area contributed by atoms with E-state index in [0.717, 1.165) is 11.3 Å². The summed E-state index contributed by atoms with van der Waals surface area (Å²) >= 11 is 1.61. The van der Waals surface area contributed by atoms with Crippen molar-refractivity contribution < 1.29 is 14.3 Å². The van der Waals surface area contributed by atoms with E-state index in [4.69, 9.17) is 9.52 Å². The van der Waals surface area contributed by atoms with Gasteiger partial charge in [-0.05, 0) is 24.4 Å². The molecule has 2 rings (SSSR count). The van der Waals surface area contributed by atoms with Crippen molar-refractivity contribution in [1.82, 2.24) is 0 Å². The molecule has 0 unspecified atom stereocenters. The van der Waals surface area contributed by atoms with E-state index in [1.165, 1.54) is 0 Å². The molecule has 2 aromatic heterocycles. The zero-order valence-electron chi connectivity index (χ0n) is 8.69. The molecule has 5 heteroatoms. The van der Waals surface area contributed by atoms with Crippen molar-refractivity contribution in [3.05, 3.63) is 40.0 Å². The highest BCUT2D eigenvalue weighted by Crippen LogP contribution is 2.18. The number of hydrogen-bond acceptors (Lipinski definition) is 4. The third kappa shape index (κ3) is 2.25. The van der Waals surface area contributed by atoms with Crippen LogP contribution in [0.1, 0.15) is 21.9 Å².